The van der Waals surface area contributed by atoms with Gasteiger partial charge in [-0.15, -0.1) is 0 Å². The molecule has 2 aromatic carbocycles. The first-order valence-electron chi connectivity index (χ1n) is 9.99. The Hall–Kier alpha value is -3.23. The summed E-state index contributed by atoms with van der Waals surface area (Å²) in [4.78, 5) is 28.3. The van der Waals surface area contributed by atoms with Crippen molar-refractivity contribution in [3.05, 3.63) is 59.7 Å². The molecule has 0 bridgehead atoms. The molecule has 1 fully saturated rings. The van der Waals surface area contributed by atoms with Crippen LogP contribution in [0.4, 0.5) is 18.9 Å². The van der Waals surface area contributed by atoms with Gasteiger partial charge in [0.05, 0.1) is 24.3 Å². The number of carbonyl (C=O) groups is 2. The lowest BCUT2D eigenvalue weighted by Gasteiger charge is -2.36. The molecule has 1 N–H and O–H groups in total. The van der Waals surface area contributed by atoms with Gasteiger partial charge in [-0.25, -0.2) is 0 Å². The number of hydrogen-bond acceptors (Lipinski definition) is 4. The maximum absolute atomic E-state index is 12.9. The number of rotatable bonds is 6. The van der Waals surface area contributed by atoms with E-state index < -0.39 is 17.6 Å². The summed E-state index contributed by atoms with van der Waals surface area (Å²) >= 11 is 0. The number of nitrogens with zero attached hydrogens (tertiary/aromatic N) is 2. The van der Waals surface area contributed by atoms with Gasteiger partial charge in [0, 0.05) is 31.9 Å². The molecule has 0 aliphatic carbocycles. The Morgan fingerprint density at radius 2 is 1.74 bits per heavy atom. The van der Waals surface area contributed by atoms with Crippen LogP contribution in [0.5, 0.6) is 5.75 Å². The number of halogens is 3. The normalized spacial score (nSPS) is 14.3. The second kappa shape index (κ2) is 9.72. The lowest BCUT2D eigenvalue weighted by Crippen LogP contribution is -2.51. The molecule has 0 aromatic heterocycles. The summed E-state index contributed by atoms with van der Waals surface area (Å²) < 4.78 is 44.2. The van der Waals surface area contributed by atoms with Crippen molar-refractivity contribution in [1.82, 2.24) is 10.2 Å². The number of alkyl halides is 3. The van der Waals surface area contributed by atoms with Crippen LogP contribution in [0.25, 0.3) is 0 Å². The monoisotopic (exact) mass is 435 g/mol. The first-order chi connectivity index (χ1) is 14.8. The molecule has 1 aliphatic heterocycles. The average Bonchev–Trinajstić information content (AvgIpc) is 2.77. The van der Waals surface area contributed by atoms with Crippen LogP contribution in [0.3, 0.4) is 0 Å². The van der Waals surface area contributed by atoms with Gasteiger partial charge in [0.2, 0.25) is 5.91 Å². The summed E-state index contributed by atoms with van der Waals surface area (Å²) in [7, 11) is 0. The lowest BCUT2D eigenvalue weighted by atomic mass is 10.1. The highest BCUT2D eigenvalue weighted by atomic mass is 19.4. The minimum absolute atomic E-state index is 0.164. The molecule has 1 heterocycles. The van der Waals surface area contributed by atoms with Crippen LogP contribution in [-0.4, -0.2) is 56.0 Å². The van der Waals surface area contributed by atoms with Crippen molar-refractivity contribution in [2.75, 3.05) is 44.2 Å². The smallest absolute Gasteiger partial charge is 0.416 e. The van der Waals surface area contributed by atoms with Crippen LogP contribution < -0.4 is 15.0 Å². The van der Waals surface area contributed by atoms with E-state index in [4.69, 9.17) is 4.74 Å². The highest BCUT2D eigenvalue weighted by molar-refractivity contribution is 5.98. The summed E-state index contributed by atoms with van der Waals surface area (Å²) in [5, 5.41) is 2.61. The lowest BCUT2D eigenvalue weighted by molar-refractivity contribution is -0.137. The van der Waals surface area contributed by atoms with Crippen molar-refractivity contribution >= 4 is 17.5 Å². The van der Waals surface area contributed by atoms with Gasteiger partial charge in [0.1, 0.15) is 5.75 Å². The Balaban J connectivity index is 1.52. The molecule has 6 nitrogen and oxygen atoms in total. The Kier molecular flexibility index (Phi) is 7.04. The zero-order chi connectivity index (χ0) is 22.4. The van der Waals surface area contributed by atoms with E-state index in [0.29, 0.717) is 49.8 Å². The molecule has 3 rings (SSSR count). The van der Waals surface area contributed by atoms with Crippen LogP contribution in [0.15, 0.2) is 48.5 Å². The maximum Gasteiger partial charge on any atom is 0.416 e. The molecule has 0 atom stereocenters. The number of benzene rings is 2. The van der Waals surface area contributed by atoms with Gasteiger partial charge < -0.3 is 19.9 Å². The predicted molar refractivity (Wildman–Crippen MR) is 110 cm³/mol. The third kappa shape index (κ3) is 5.68. The van der Waals surface area contributed by atoms with Crippen molar-refractivity contribution in [2.45, 2.75) is 13.1 Å². The first kappa shape index (κ1) is 22.5. The average molecular weight is 435 g/mol. The molecule has 2 aromatic rings. The van der Waals surface area contributed by atoms with E-state index in [-0.39, 0.29) is 12.5 Å². The minimum Gasteiger partial charge on any atom is -0.493 e. The second-order valence-electron chi connectivity index (χ2n) is 7.03. The molecule has 9 heteroatoms. The zero-order valence-corrected chi connectivity index (χ0v) is 17.1. The van der Waals surface area contributed by atoms with Crippen LogP contribution in [0.1, 0.15) is 22.8 Å². The summed E-state index contributed by atoms with van der Waals surface area (Å²) in [5.74, 6) is -0.199. The zero-order valence-electron chi connectivity index (χ0n) is 17.1. The summed E-state index contributed by atoms with van der Waals surface area (Å²) in [6.45, 7) is 3.61. The predicted octanol–water partition coefficient (Wildman–Crippen LogP) is 3.18. The van der Waals surface area contributed by atoms with E-state index in [1.54, 1.807) is 35.2 Å². The topological polar surface area (TPSA) is 61.9 Å². The third-order valence-electron chi connectivity index (χ3n) is 5.00. The Bertz CT molecular complexity index is 925. The Morgan fingerprint density at radius 1 is 1.03 bits per heavy atom. The standard InChI is InChI=1S/C22H24F3N3O3/c1-2-31-19-9-4-3-8-18(19)21(30)26-15-20(29)28-12-10-27(11-13-28)17-7-5-6-16(14-17)22(23,24)25/h3-9,14H,2,10-13,15H2,1H3,(H,26,30). The molecule has 166 valence electrons. The van der Waals surface area contributed by atoms with Gasteiger partial charge in [-0.2, -0.15) is 13.2 Å². The summed E-state index contributed by atoms with van der Waals surface area (Å²) in [5.41, 5.74) is 0.132. The Labute approximate surface area is 178 Å². The quantitative estimate of drug-likeness (QED) is 0.757. The molecule has 0 radical (unpaired) electrons. The fourth-order valence-electron chi connectivity index (χ4n) is 3.39. The largest absolute Gasteiger partial charge is 0.493 e. The summed E-state index contributed by atoms with van der Waals surface area (Å²) in [6.07, 6.45) is -4.40. The fraction of sp³-hybridized carbons (Fsp3) is 0.364. The van der Waals surface area contributed by atoms with Crippen LogP contribution in [-0.2, 0) is 11.0 Å². The van der Waals surface area contributed by atoms with Gasteiger partial charge in [-0.1, -0.05) is 18.2 Å². The number of amides is 2. The van der Waals surface area contributed by atoms with E-state index >= 15 is 0 Å². The number of para-hydroxylation sites is 1. The van der Waals surface area contributed by atoms with E-state index in [9.17, 15) is 22.8 Å². The van der Waals surface area contributed by atoms with Crippen molar-refractivity contribution in [3.8, 4) is 5.75 Å². The number of carbonyl (C=O) groups excluding carboxylic acids is 2. The van der Waals surface area contributed by atoms with E-state index in [0.717, 1.165) is 12.1 Å². The molecule has 1 aliphatic rings. The van der Waals surface area contributed by atoms with Crippen molar-refractivity contribution in [1.29, 1.82) is 0 Å². The highest BCUT2D eigenvalue weighted by Crippen LogP contribution is 2.31. The van der Waals surface area contributed by atoms with Crippen LogP contribution in [0.2, 0.25) is 0 Å². The van der Waals surface area contributed by atoms with Gasteiger partial charge in [-0.05, 0) is 37.3 Å². The van der Waals surface area contributed by atoms with Gasteiger partial charge >= 0.3 is 6.18 Å². The van der Waals surface area contributed by atoms with Gasteiger partial charge in [0.15, 0.2) is 0 Å². The van der Waals surface area contributed by atoms with Crippen molar-refractivity contribution < 1.29 is 27.5 Å². The molecule has 0 unspecified atom stereocenters. The molecule has 2 amide bonds. The molecule has 0 spiro atoms. The molecule has 31 heavy (non-hydrogen) atoms. The van der Waals surface area contributed by atoms with Crippen molar-refractivity contribution in [2.24, 2.45) is 0 Å². The van der Waals surface area contributed by atoms with Crippen LogP contribution >= 0.6 is 0 Å². The molecule has 0 saturated carbocycles. The highest BCUT2D eigenvalue weighted by Gasteiger charge is 2.31. The van der Waals surface area contributed by atoms with Gasteiger partial charge in [-0.3, -0.25) is 9.59 Å². The van der Waals surface area contributed by atoms with E-state index in [2.05, 4.69) is 5.32 Å². The molecule has 1 saturated heterocycles. The third-order valence-corrected chi connectivity index (χ3v) is 5.00. The number of ether oxygens (including phenoxy) is 1. The van der Waals surface area contributed by atoms with Crippen LogP contribution in [0, 0.1) is 0 Å². The van der Waals surface area contributed by atoms with E-state index in [1.165, 1.54) is 6.07 Å². The summed E-state index contributed by atoms with van der Waals surface area (Å²) in [6, 6.07) is 12.0. The molecular weight excluding hydrogens is 411 g/mol. The van der Waals surface area contributed by atoms with Crippen molar-refractivity contribution in [3.63, 3.8) is 0 Å². The van der Waals surface area contributed by atoms with Gasteiger partial charge in [0.25, 0.3) is 5.91 Å². The number of hydrogen-bond donors (Lipinski definition) is 1. The fourth-order valence-corrected chi connectivity index (χ4v) is 3.39. The van der Waals surface area contributed by atoms with E-state index in [1.807, 2.05) is 11.8 Å². The minimum atomic E-state index is -4.40. The number of anilines is 1. The SMILES string of the molecule is CCOc1ccccc1C(=O)NCC(=O)N1CCN(c2cccc(C(F)(F)F)c2)CC1. The second-order valence-corrected chi connectivity index (χ2v) is 7.03. The first-order valence-corrected chi connectivity index (χ1v) is 9.99. The Morgan fingerprint density at radius 3 is 2.42 bits per heavy atom. The molecular formula is C22H24F3N3O3. The maximum atomic E-state index is 12.9. The number of nitrogens with one attached hydrogen (secondary N) is 1. The number of piperazine rings is 1.